The lowest BCUT2D eigenvalue weighted by molar-refractivity contribution is 0.0263. The molecule has 8 heteroatoms. The second-order valence-electron chi connectivity index (χ2n) is 10.6. The summed E-state index contributed by atoms with van der Waals surface area (Å²) in [6.07, 6.45) is 4.74. The first-order chi connectivity index (χ1) is 18.9. The highest BCUT2D eigenvalue weighted by molar-refractivity contribution is 5.99. The van der Waals surface area contributed by atoms with Gasteiger partial charge in [0, 0.05) is 72.6 Å². The standard InChI is InChI=1S/C31H37N5O3/c1-31(2,37)23-13-15-36(20-23)29-11-8-21(18-34-29)17-33-27-7-5-6-26-25(27)12-14-32-30(26)35-19-22-9-10-24(38-3)16-28(22)39-4/h5-12,14,16,18,23,33,37H,13,15,17,19-20H2,1-4H3,(H,32,35). The molecule has 0 bridgehead atoms. The molecular weight excluding hydrogens is 490 g/mol. The summed E-state index contributed by atoms with van der Waals surface area (Å²) >= 11 is 0. The zero-order chi connectivity index (χ0) is 27.4. The number of methoxy groups -OCH3 is 2. The smallest absolute Gasteiger partial charge is 0.134 e. The quantitative estimate of drug-likeness (QED) is 0.250. The van der Waals surface area contributed by atoms with Crippen molar-refractivity contribution < 1.29 is 14.6 Å². The molecule has 2 aromatic heterocycles. The minimum absolute atomic E-state index is 0.263. The Hall–Kier alpha value is -4.04. The Morgan fingerprint density at radius 3 is 2.56 bits per heavy atom. The monoisotopic (exact) mass is 527 g/mol. The first-order valence-electron chi connectivity index (χ1n) is 13.3. The molecule has 1 atom stereocenters. The summed E-state index contributed by atoms with van der Waals surface area (Å²) in [7, 11) is 3.31. The number of nitrogens with one attached hydrogen (secondary N) is 2. The van der Waals surface area contributed by atoms with Crippen molar-refractivity contribution in [3.05, 3.63) is 78.1 Å². The van der Waals surface area contributed by atoms with Crippen LogP contribution >= 0.6 is 0 Å². The number of ether oxygens (including phenoxy) is 2. The highest BCUT2D eigenvalue weighted by atomic mass is 16.5. The maximum absolute atomic E-state index is 10.3. The Balaban J connectivity index is 1.25. The summed E-state index contributed by atoms with van der Waals surface area (Å²) in [4.78, 5) is 11.6. The molecule has 0 radical (unpaired) electrons. The Kier molecular flexibility index (Phi) is 7.74. The Labute approximate surface area is 230 Å². The van der Waals surface area contributed by atoms with E-state index in [9.17, 15) is 5.11 Å². The van der Waals surface area contributed by atoms with Gasteiger partial charge in [0.2, 0.25) is 0 Å². The zero-order valence-corrected chi connectivity index (χ0v) is 23.1. The van der Waals surface area contributed by atoms with Crippen LogP contribution in [-0.2, 0) is 13.1 Å². The molecule has 204 valence electrons. The fourth-order valence-electron chi connectivity index (χ4n) is 5.13. The maximum Gasteiger partial charge on any atom is 0.134 e. The van der Waals surface area contributed by atoms with Crippen LogP contribution in [0.4, 0.5) is 17.3 Å². The molecule has 5 rings (SSSR count). The fourth-order valence-corrected chi connectivity index (χ4v) is 5.13. The number of fused-ring (bicyclic) bond motifs is 1. The predicted molar refractivity (Wildman–Crippen MR) is 157 cm³/mol. The van der Waals surface area contributed by atoms with E-state index in [1.54, 1.807) is 14.2 Å². The molecule has 0 spiro atoms. The summed E-state index contributed by atoms with van der Waals surface area (Å²) in [6.45, 7) is 6.77. The van der Waals surface area contributed by atoms with Gasteiger partial charge in [-0.1, -0.05) is 18.2 Å². The third kappa shape index (κ3) is 6.01. The van der Waals surface area contributed by atoms with Gasteiger partial charge in [0.05, 0.1) is 19.8 Å². The van der Waals surface area contributed by atoms with Crippen LogP contribution in [-0.4, -0.2) is 48.0 Å². The molecule has 1 saturated heterocycles. The zero-order valence-electron chi connectivity index (χ0n) is 23.1. The van der Waals surface area contributed by atoms with Crippen molar-refractivity contribution >= 4 is 28.1 Å². The lowest BCUT2D eigenvalue weighted by Gasteiger charge is -2.26. The lowest BCUT2D eigenvalue weighted by Crippen LogP contribution is -2.33. The van der Waals surface area contributed by atoms with Crippen molar-refractivity contribution in [1.29, 1.82) is 0 Å². The van der Waals surface area contributed by atoms with Crippen LogP contribution in [0.15, 0.2) is 67.0 Å². The minimum atomic E-state index is -0.662. The topological polar surface area (TPSA) is 91.8 Å². The van der Waals surface area contributed by atoms with Crippen LogP contribution in [0.3, 0.4) is 0 Å². The third-order valence-electron chi connectivity index (χ3n) is 7.55. The molecule has 4 aromatic rings. The first kappa shape index (κ1) is 26.6. The van der Waals surface area contributed by atoms with Gasteiger partial charge < -0.3 is 30.1 Å². The molecule has 0 amide bonds. The molecule has 1 unspecified atom stereocenters. The highest BCUT2D eigenvalue weighted by Crippen LogP contribution is 2.31. The first-order valence-corrected chi connectivity index (χ1v) is 13.3. The predicted octanol–water partition coefficient (Wildman–Crippen LogP) is 5.47. The van der Waals surface area contributed by atoms with Gasteiger partial charge in [-0.15, -0.1) is 0 Å². The van der Waals surface area contributed by atoms with Gasteiger partial charge >= 0.3 is 0 Å². The van der Waals surface area contributed by atoms with Gasteiger partial charge in [0.1, 0.15) is 23.1 Å². The number of aliphatic hydroxyl groups is 1. The molecule has 1 aliphatic rings. The van der Waals surface area contributed by atoms with Crippen LogP contribution in [0.1, 0.15) is 31.4 Å². The van der Waals surface area contributed by atoms with Crippen LogP contribution in [0.2, 0.25) is 0 Å². The summed E-state index contributed by atoms with van der Waals surface area (Å²) in [6, 6.07) is 18.2. The summed E-state index contributed by atoms with van der Waals surface area (Å²) in [5.74, 6) is 3.57. The van der Waals surface area contributed by atoms with E-state index in [0.29, 0.717) is 13.1 Å². The van der Waals surface area contributed by atoms with Gasteiger partial charge in [-0.2, -0.15) is 0 Å². The van der Waals surface area contributed by atoms with E-state index in [4.69, 9.17) is 14.5 Å². The van der Waals surface area contributed by atoms with Crippen LogP contribution in [0, 0.1) is 5.92 Å². The van der Waals surface area contributed by atoms with Gasteiger partial charge in [-0.25, -0.2) is 9.97 Å². The molecule has 2 aromatic carbocycles. The Morgan fingerprint density at radius 1 is 0.974 bits per heavy atom. The van der Waals surface area contributed by atoms with Crippen LogP contribution in [0.5, 0.6) is 11.5 Å². The third-order valence-corrected chi connectivity index (χ3v) is 7.55. The number of benzene rings is 2. The number of hydrogen-bond acceptors (Lipinski definition) is 8. The number of hydrogen-bond donors (Lipinski definition) is 3. The van der Waals surface area contributed by atoms with E-state index >= 15 is 0 Å². The molecule has 0 saturated carbocycles. The van der Waals surface area contributed by atoms with E-state index in [-0.39, 0.29) is 5.92 Å². The summed E-state index contributed by atoms with van der Waals surface area (Å²) in [5, 5.41) is 19.5. The van der Waals surface area contributed by atoms with E-state index in [2.05, 4.69) is 44.8 Å². The molecule has 39 heavy (non-hydrogen) atoms. The van der Waals surface area contributed by atoms with Gasteiger partial charge in [-0.05, 0) is 56.2 Å². The van der Waals surface area contributed by atoms with Gasteiger partial charge in [-0.3, -0.25) is 0 Å². The largest absolute Gasteiger partial charge is 0.497 e. The van der Waals surface area contributed by atoms with E-state index in [1.807, 2.05) is 56.6 Å². The molecule has 1 aliphatic heterocycles. The Morgan fingerprint density at radius 2 is 1.85 bits per heavy atom. The second kappa shape index (κ2) is 11.4. The van der Waals surface area contributed by atoms with Gasteiger partial charge in [0.15, 0.2) is 0 Å². The summed E-state index contributed by atoms with van der Waals surface area (Å²) in [5.41, 5.74) is 2.50. The number of aromatic nitrogens is 2. The van der Waals surface area contributed by atoms with Crippen molar-refractivity contribution in [2.45, 2.75) is 39.0 Å². The second-order valence-corrected chi connectivity index (χ2v) is 10.6. The maximum atomic E-state index is 10.3. The molecule has 8 nitrogen and oxygen atoms in total. The SMILES string of the molecule is COc1ccc(CNc2nccc3c(NCc4ccc(N5CCC(C(C)(C)O)C5)nc4)cccc23)c(OC)c1. The summed E-state index contributed by atoms with van der Waals surface area (Å²) < 4.78 is 10.9. The van der Waals surface area contributed by atoms with E-state index in [1.165, 1.54) is 0 Å². The molecule has 3 N–H and O–H groups in total. The van der Waals surface area contributed by atoms with Crippen molar-refractivity contribution in [2.75, 3.05) is 42.8 Å². The van der Waals surface area contributed by atoms with Crippen molar-refractivity contribution in [3.8, 4) is 11.5 Å². The lowest BCUT2D eigenvalue weighted by atomic mass is 9.90. The van der Waals surface area contributed by atoms with Crippen LogP contribution in [0.25, 0.3) is 10.8 Å². The average molecular weight is 528 g/mol. The van der Waals surface area contributed by atoms with Crippen molar-refractivity contribution in [3.63, 3.8) is 0 Å². The normalized spacial score (nSPS) is 15.4. The van der Waals surface area contributed by atoms with Crippen molar-refractivity contribution in [2.24, 2.45) is 5.92 Å². The van der Waals surface area contributed by atoms with Crippen molar-refractivity contribution in [1.82, 2.24) is 9.97 Å². The fraction of sp³-hybridized carbons (Fsp3) is 0.355. The molecule has 3 heterocycles. The highest BCUT2D eigenvalue weighted by Gasteiger charge is 2.33. The minimum Gasteiger partial charge on any atom is -0.497 e. The average Bonchev–Trinajstić information content (AvgIpc) is 3.46. The molecule has 1 fully saturated rings. The molecule has 0 aliphatic carbocycles. The van der Waals surface area contributed by atoms with E-state index < -0.39 is 5.60 Å². The Bertz CT molecular complexity index is 1420. The number of pyridine rings is 2. The van der Waals surface area contributed by atoms with E-state index in [0.717, 1.165) is 70.2 Å². The number of anilines is 3. The molecular formula is C31H37N5O3. The number of rotatable bonds is 10. The van der Waals surface area contributed by atoms with Crippen LogP contribution < -0.4 is 25.0 Å². The number of nitrogens with zero attached hydrogens (tertiary/aromatic N) is 3. The van der Waals surface area contributed by atoms with Gasteiger partial charge in [0.25, 0.3) is 0 Å².